The lowest BCUT2D eigenvalue weighted by Gasteiger charge is -2.05. The second kappa shape index (κ2) is 2.03. The van der Waals surface area contributed by atoms with Crippen LogP contribution in [-0.2, 0) is 4.79 Å². The summed E-state index contributed by atoms with van der Waals surface area (Å²) in [5.41, 5.74) is 0. The minimum Gasteiger partial charge on any atom is -0.504 e. The highest BCUT2D eigenvalue weighted by atomic mass is 16.3. The van der Waals surface area contributed by atoms with E-state index in [1.165, 1.54) is 18.2 Å². The maximum atomic E-state index is 10.5. The summed E-state index contributed by atoms with van der Waals surface area (Å²) in [5, 5.41) is 17.4. The normalized spacial score (nSPS) is 26.1. The average Bonchev–Trinajstić information content (AvgIpc) is 1.83. The Morgan fingerprint density at radius 1 is 1.56 bits per heavy atom. The number of rotatable bonds is 0. The van der Waals surface area contributed by atoms with Crippen molar-refractivity contribution in [2.75, 3.05) is 0 Å². The number of hydrogen-bond donors (Lipinski definition) is 2. The lowest BCUT2D eigenvalue weighted by Crippen LogP contribution is -2.21. The number of aliphatic hydroxyl groups excluding tert-OH is 2. The highest BCUT2D eigenvalue weighted by molar-refractivity contribution is 5.99. The predicted molar refractivity (Wildman–Crippen MR) is 30.9 cm³/mol. The third-order valence-electron chi connectivity index (χ3n) is 1.07. The molecule has 0 aromatic heterocycles. The number of aliphatic hydroxyl groups is 2. The van der Waals surface area contributed by atoms with Crippen LogP contribution in [0.5, 0.6) is 0 Å². The van der Waals surface area contributed by atoms with Crippen molar-refractivity contribution < 1.29 is 15.0 Å². The molecule has 1 aliphatic carbocycles. The van der Waals surface area contributed by atoms with Crippen LogP contribution < -0.4 is 0 Å². The SMILES string of the molecule is O=C1C(O)=CC=CC1O. The summed E-state index contributed by atoms with van der Waals surface area (Å²) < 4.78 is 0. The standard InChI is InChI=1S/C6H6O3/c7-4-2-1-3-5(8)6(4)9/h1-4,7-8H. The van der Waals surface area contributed by atoms with Gasteiger partial charge >= 0.3 is 0 Å². The van der Waals surface area contributed by atoms with E-state index >= 15 is 0 Å². The Kier molecular flexibility index (Phi) is 1.36. The van der Waals surface area contributed by atoms with Crippen molar-refractivity contribution in [3.63, 3.8) is 0 Å². The molecule has 0 saturated carbocycles. The van der Waals surface area contributed by atoms with Crippen molar-refractivity contribution >= 4 is 5.78 Å². The van der Waals surface area contributed by atoms with Crippen LogP contribution in [0.4, 0.5) is 0 Å². The largest absolute Gasteiger partial charge is 0.504 e. The first-order valence-corrected chi connectivity index (χ1v) is 2.51. The average molecular weight is 126 g/mol. The van der Waals surface area contributed by atoms with Crippen molar-refractivity contribution in [3.8, 4) is 0 Å². The topological polar surface area (TPSA) is 57.5 Å². The summed E-state index contributed by atoms with van der Waals surface area (Å²) in [7, 11) is 0. The van der Waals surface area contributed by atoms with E-state index in [9.17, 15) is 4.79 Å². The van der Waals surface area contributed by atoms with Gasteiger partial charge in [-0.3, -0.25) is 4.79 Å². The summed E-state index contributed by atoms with van der Waals surface area (Å²) in [4.78, 5) is 10.5. The molecule has 3 nitrogen and oxygen atoms in total. The highest BCUT2D eigenvalue weighted by Crippen LogP contribution is 2.04. The van der Waals surface area contributed by atoms with Gasteiger partial charge in [0.2, 0.25) is 5.78 Å². The zero-order chi connectivity index (χ0) is 6.85. The van der Waals surface area contributed by atoms with Gasteiger partial charge in [0.15, 0.2) is 5.76 Å². The van der Waals surface area contributed by atoms with Gasteiger partial charge in [-0.15, -0.1) is 0 Å². The smallest absolute Gasteiger partial charge is 0.229 e. The molecule has 0 spiro atoms. The Balaban J connectivity index is 2.86. The molecule has 3 heteroatoms. The summed E-state index contributed by atoms with van der Waals surface area (Å²) >= 11 is 0. The minimum atomic E-state index is -1.16. The second-order valence-electron chi connectivity index (χ2n) is 1.75. The third kappa shape index (κ3) is 1.000. The number of carbonyl (C=O) groups is 1. The third-order valence-corrected chi connectivity index (χ3v) is 1.07. The van der Waals surface area contributed by atoms with Crippen molar-refractivity contribution in [1.29, 1.82) is 0 Å². The van der Waals surface area contributed by atoms with E-state index in [2.05, 4.69) is 0 Å². The minimum absolute atomic E-state index is 0.384. The van der Waals surface area contributed by atoms with E-state index in [-0.39, 0.29) is 5.76 Å². The molecule has 0 amide bonds. The van der Waals surface area contributed by atoms with E-state index in [0.29, 0.717) is 0 Å². The van der Waals surface area contributed by atoms with Crippen LogP contribution in [0.15, 0.2) is 24.0 Å². The first kappa shape index (κ1) is 6.04. The lowest BCUT2D eigenvalue weighted by molar-refractivity contribution is -0.123. The Labute approximate surface area is 51.9 Å². The van der Waals surface area contributed by atoms with Crippen LogP contribution in [-0.4, -0.2) is 22.1 Å². The molecule has 0 aromatic rings. The first-order chi connectivity index (χ1) is 4.22. The molecule has 0 fully saturated rings. The van der Waals surface area contributed by atoms with Crippen molar-refractivity contribution in [2.45, 2.75) is 6.10 Å². The van der Waals surface area contributed by atoms with E-state index in [1.807, 2.05) is 0 Å². The molecule has 1 aliphatic rings. The Morgan fingerprint density at radius 2 is 2.22 bits per heavy atom. The van der Waals surface area contributed by atoms with Crippen LogP contribution in [0.3, 0.4) is 0 Å². The van der Waals surface area contributed by atoms with E-state index in [1.54, 1.807) is 0 Å². The fraction of sp³-hybridized carbons (Fsp3) is 0.167. The van der Waals surface area contributed by atoms with Crippen molar-refractivity contribution in [3.05, 3.63) is 24.0 Å². The van der Waals surface area contributed by atoms with Gasteiger partial charge in [0.05, 0.1) is 0 Å². The van der Waals surface area contributed by atoms with Gasteiger partial charge in [0.1, 0.15) is 6.10 Å². The lowest BCUT2D eigenvalue weighted by atomic mass is 10.1. The van der Waals surface area contributed by atoms with Crippen LogP contribution >= 0.6 is 0 Å². The number of Topliss-reactive ketones (excluding diaryl/α,β-unsaturated/α-hetero) is 1. The summed E-state index contributed by atoms with van der Waals surface area (Å²) in [6.45, 7) is 0. The Hall–Kier alpha value is -1.09. The molecule has 0 aliphatic heterocycles. The maximum absolute atomic E-state index is 10.5. The fourth-order valence-corrected chi connectivity index (χ4v) is 0.573. The fourth-order valence-electron chi connectivity index (χ4n) is 0.573. The van der Waals surface area contributed by atoms with Gasteiger partial charge in [-0.1, -0.05) is 6.08 Å². The molecule has 1 unspecified atom stereocenters. The van der Waals surface area contributed by atoms with Gasteiger partial charge in [0, 0.05) is 0 Å². The zero-order valence-electron chi connectivity index (χ0n) is 4.61. The Morgan fingerprint density at radius 3 is 2.67 bits per heavy atom. The van der Waals surface area contributed by atoms with Crippen LogP contribution in [0, 0.1) is 0 Å². The molecule has 0 aromatic carbocycles. The monoisotopic (exact) mass is 126 g/mol. The van der Waals surface area contributed by atoms with Gasteiger partial charge in [-0.05, 0) is 12.2 Å². The molecule has 48 valence electrons. The second-order valence-corrected chi connectivity index (χ2v) is 1.75. The van der Waals surface area contributed by atoms with Crippen LogP contribution in [0.1, 0.15) is 0 Å². The summed E-state index contributed by atoms with van der Waals surface area (Å²) in [5.74, 6) is -1.03. The van der Waals surface area contributed by atoms with Crippen molar-refractivity contribution in [2.24, 2.45) is 0 Å². The van der Waals surface area contributed by atoms with Crippen LogP contribution in [0.25, 0.3) is 0 Å². The molecule has 9 heavy (non-hydrogen) atoms. The molecule has 1 rings (SSSR count). The molecular formula is C6H6O3. The molecule has 0 heterocycles. The molecule has 0 bridgehead atoms. The van der Waals surface area contributed by atoms with Crippen molar-refractivity contribution in [1.82, 2.24) is 0 Å². The number of allylic oxidation sites excluding steroid dienone is 2. The van der Waals surface area contributed by atoms with E-state index in [4.69, 9.17) is 10.2 Å². The molecule has 2 N–H and O–H groups in total. The van der Waals surface area contributed by atoms with Gasteiger partial charge < -0.3 is 10.2 Å². The van der Waals surface area contributed by atoms with Gasteiger partial charge in [0.25, 0.3) is 0 Å². The summed E-state index contributed by atoms with van der Waals surface area (Å²) in [6.07, 6.45) is 2.83. The molecule has 0 radical (unpaired) electrons. The highest BCUT2D eigenvalue weighted by Gasteiger charge is 2.17. The zero-order valence-corrected chi connectivity index (χ0v) is 4.61. The number of hydrogen-bond acceptors (Lipinski definition) is 3. The van der Waals surface area contributed by atoms with Crippen LogP contribution in [0.2, 0.25) is 0 Å². The van der Waals surface area contributed by atoms with Gasteiger partial charge in [-0.25, -0.2) is 0 Å². The molecule has 1 atom stereocenters. The van der Waals surface area contributed by atoms with E-state index in [0.717, 1.165) is 0 Å². The first-order valence-electron chi connectivity index (χ1n) is 2.51. The molecule has 0 saturated heterocycles. The Bertz CT molecular complexity index is 190. The predicted octanol–water partition coefficient (Wildman–Crippen LogP) is -0.0719. The summed E-state index contributed by atoms with van der Waals surface area (Å²) in [6, 6.07) is 0. The maximum Gasteiger partial charge on any atom is 0.229 e. The number of carbonyl (C=O) groups excluding carboxylic acids is 1. The number of ketones is 1. The van der Waals surface area contributed by atoms with Gasteiger partial charge in [-0.2, -0.15) is 0 Å². The quantitative estimate of drug-likeness (QED) is 0.477. The van der Waals surface area contributed by atoms with E-state index < -0.39 is 11.9 Å². The molecular weight excluding hydrogens is 120 g/mol.